The van der Waals surface area contributed by atoms with Gasteiger partial charge >= 0.3 is 6.18 Å². The number of fused-ring (bicyclic) bond motifs is 1. The number of anilines is 1. The third-order valence-corrected chi connectivity index (χ3v) is 6.02. The normalized spacial score (nSPS) is 12.5. The van der Waals surface area contributed by atoms with Crippen LogP contribution in [0.15, 0.2) is 73.2 Å². The van der Waals surface area contributed by atoms with Crippen molar-refractivity contribution in [3.05, 3.63) is 94.9 Å². The summed E-state index contributed by atoms with van der Waals surface area (Å²) in [5.41, 5.74) is 0.117. The lowest BCUT2D eigenvalue weighted by molar-refractivity contribution is -0.137. The number of rotatable bonds is 5. The highest BCUT2D eigenvalue weighted by Crippen LogP contribution is 2.39. The standard InChI is InChI=1S/C26H18ClF3N6O2/c1-14(37)15-10-21-22(33-13-15)24(36(35-21)16-6-3-2-4-7-16)34-25(38)18-11-17(23-31-8-5-9-32-23)19(12-20(18)27)26(28,29)30/h2-14,37H,1H3,(H,34,38). The zero-order valence-corrected chi connectivity index (χ0v) is 20.4. The molecule has 0 aliphatic rings. The molecule has 1 amide bonds. The van der Waals surface area contributed by atoms with Crippen LogP contribution in [0.2, 0.25) is 5.02 Å². The quantitative estimate of drug-likeness (QED) is 0.290. The Bertz CT molecular complexity index is 1640. The van der Waals surface area contributed by atoms with E-state index in [1.165, 1.54) is 29.3 Å². The molecular formula is C26H18ClF3N6O2. The zero-order valence-electron chi connectivity index (χ0n) is 19.6. The molecule has 0 spiro atoms. The summed E-state index contributed by atoms with van der Waals surface area (Å²) in [7, 11) is 0. The molecule has 8 nitrogen and oxygen atoms in total. The molecule has 0 bridgehead atoms. The predicted molar refractivity (Wildman–Crippen MR) is 135 cm³/mol. The van der Waals surface area contributed by atoms with Crippen LogP contribution in [-0.2, 0) is 6.18 Å². The number of carbonyl (C=O) groups excluding carboxylic acids is 1. The Morgan fingerprint density at radius 2 is 1.76 bits per heavy atom. The Morgan fingerprint density at radius 3 is 2.42 bits per heavy atom. The fourth-order valence-electron chi connectivity index (χ4n) is 3.86. The van der Waals surface area contributed by atoms with Crippen molar-refractivity contribution in [1.29, 1.82) is 0 Å². The Morgan fingerprint density at radius 1 is 1.05 bits per heavy atom. The number of pyridine rings is 1. The number of hydrogen-bond acceptors (Lipinski definition) is 6. The predicted octanol–water partition coefficient (Wildman–Crippen LogP) is 5.86. The fraction of sp³-hybridized carbons (Fsp3) is 0.115. The maximum Gasteiger partial charge on any atom is 0.417 e. The Balaban J connectivity index is 1.63. The molecule has 192 valence electrons. The van der Waals surface area contributed by atoms with Gasteiger partial charge in [0.05, 0.1) is 27.9 Å². The van der Waals surface area contributed by atoms with E-state index in [9.17, 15) is 23.1 Å². The number of para-hydroxylation sites is 1. The third kappa shape index (κ3) is 4.81. The number of nitrogens with one attached hydrogen (secondary N) is 1. The van der Waals surface area contributed by atoms with Crippen LogP contribution in [0.1, 0.15) is 34.5 Å². The lowest BCUT2D eigenvalue weighted by atomic mass is 10.0. The highest BCUT2D eigenvalue weighted by molar-refractivity contribution is 6.34. The minimum atomic E-state index is -4.76. The molecule has 1 unspecified atom stereocenters. The van der Waals surface area contributed by atoms with Crippen molar-refractivity contribution >= 4 is 34.4 Å². The molecule has 0 saturated carbocycles. The van der Waals surface area contributed by atoms with Crippen molar-refractivity contribution in [1.82, 2.24) is 24.7 Å². The molecule has 3 aromatic heterocycles. The van der Waals surface area contributed by atoms with Crippen molar-refractivity contribution in [2.75, 3.05) is 5.32 Å². The molecule has 12 heteroatoms. The van der Waals surface area contributed by atoms with Crippen LogP contribution in [0.25, 0.3) is 28.1 Å². The number of nitrogens with zero attached hydrogens (tertiary/aromatic N) is 5. The first-order chi connectivity index (χ1) is 18.1. The Labute approximate surface area is 218 Å². The first-order valence-corrected chi connectivity index (χ1v) is 11.6. The summed E-state index contributed by atoms with van der Waals surface area (Å²) < 4.78 is 42.9. The van der Waals surface area contributed by atoms with Gasteiger partial charge in [0, 0.05) is 29.7 Å². The molecule has 1 atom stereocenters. The lowest BCUT2D eigenvalue weighted by Gasteiger charge is -2.15. The third-order valence-electron chi connectivity index (χ3n) is 5.71. The minimum Gasteiger partial charge on any atom is -0.389 e. The number of carbonyl (C=O) groups is 1. The van der Waals surface area contributed by atoms with E-state index in [0.29, 0.717) is 28.4 Å². The van der Waals surface area contributed by atoms with Crippen molar-refractivity contribution in [3.63, 3.8) is 0 Å². The average molecular weight is 539 g/mol. The van der Waals surface area contributed by atoms with Gasteiger partial charge < -0.3 is 10.4 Å². The molecular weight excluding hydrogens is 521 g/mol. The number of aliphatic hydroxyl groups excluding tert-OH is 1. The van der Waals surface area contributed by atoms with E-state index < -0.39 is 34.3 Å². The Hall–Kier alpha value is -4.35. The van der Waals surface area contributed by atoms with Gasteiger partial charge in [-0.15, -0.1) is 0 Å². The molecule has 5 aromatic rings. The van der Waals surface area contributed by atoms with Gasteiger partial charge in [0.15, 0.2) is 11.6 Å². The smallest absolute Gasteiger partial charge is 0.389 e. The van der Waals surface area contributed by atoms with Crippen LogP contribution in [0.3, 0.4) is 0 Å². The highest BCUT2D eigenvalue weighted by Gasteiger charge is 2.36. The monoisotopic (exact) mass is 538 g/mol. The summed E-state index contributed by atoms with van der Waals surface area (Å²) in [4.78, 5) is 25.7. The van der Waals surface area contributed by atoms with Gasteiger partial charge in [-0.05, 0) is 43.3 Å². The van der Waals surface area contributed by atoms with Crippen LogP contribution in [0.5, 0.6) is 0 Å². The molecule has 38 heavy (non-hydrogen) atoms. The van der Waals surface area contributed by atoms with Gasteiger partial charge in [0.1, 0.15) is 11.0 Å². The maximum atomic E-state index is 13.8. The second kappa shape index (κ2) is 9.84. The van der Waals surface area contributed by atoms with E-state index in [0.717, 1.165) is 6.07 Å². The second-order valence-electron chi connectivity index (χ2n) is 8.31. The van der Waals surface area contributed by atoms with Gasteiger partial charge in [-0.3, -0.25) is 9.78 Å². The van der Waals surface area contributed by atoms with Gasteiger partial charge in [-0.1, -0.05) is 29.8 Å². The minimum absolute atomic E-state index is 0.168. The summed E-state index contributed by atoms with van der Waals surface area (Å²) >= 11 is 6.19. The number of aromatic nitrogens is 5. The summed E-state index contributed by atoms with van der Waals surface area (Å²) in [5, 5.41) is 16.8. The van der Waals surface area contributed by atoms with Crippen LogP contribution < -0.4 is 5.32 Å². The molecule has 3 heterocycles. The van der Waals surface area contributed by atoms with Crippen LogP contribution in [0.4, 0.5) is 19.0 Å². The summed E-state index contributed by atoms with van der Waals surface area (Å²) in [6.07, 6.45) is -1.50. The Kier molecular flexibility index (Phi) is 6.55. The first kappa shape index (κ1) is 25.3. The zero-order chi connectivity index (χ0) is 27.0. The van der Waals surface area contributed by atoms with Crippen LogP contribution >= 0.6 is 11.6 Å². The number of amides is 1. The number of hydrogen-bond donors (Lipinski definition) is 2. The number of aliphatic hydroxyl groups is 1. The maximum absolute atomic E-state index is 13.8. The number of alkyl halides is 3. The molecule has 0 radical (unpaired) electrons. The van der Waals surface area contributed by atoms with Gasteiger partial charge in [0.2, 0.25) is 0 Å². The van der Waals surface area contributed by atoms with Crippen molar-refractivity contribution in [2.24, 2.45) is 0 Å². The molecule has 0 aliphatic carbocycles. The first-order valence-electron chi connectivity index (χ1n) is 11.2. The van der Waals surface area contributed by atoms with Crippen molar-refractivity contribution in [2.45, 2.75) is 19.2 Å². The van der Waals surface area contributed by atoms with Crippen molar-refractivity contribution in [3.8, 4) is 17.1 Å². The summed E-state index contributed by atoms with van der Waals surface area (Å²) in [6, 6.07) is 13.7. The highest BCUT2D eigenvalue weighted by atomic mass is 35.5. The molecule has 0 fully saturated rings. The van der Waals surface area contributed by atoms with E-state index in [2.05, 4.69) is 25.4 Å². The molecule has 5 rings (SSSR count). The SMILES string of the molecule is CC(O)c1cnc2c(NC(=O)c3cc(-c4ncccn4)c(C(F)(F)F)cc3Cl)n(-c3ccccc3)nc2c1. The van der Waals surface area contributed by atoms with Gasteiger partial charge in [0.25, 0.3) is 5.91 Å². The lowest BCUT2D eigenvalue weighted by Crippen LogP contribution is -2.17. The topological polar surface area (TPSA) is 106 Å². The number of benzene rings is 2. The fourth-order valence-corrected chi connectivity index (χ4v) is 4.11. The molecule has 0 saturated heterocycles. The van der Waals surface area contributed by atoms with E-state index in [-0.39, 0.29) is 17.2 Å². The van der Waals surface area contributed by atoms with E-state index in [4.69, 9.17) is 11.6 Å². The summed E-state index contributed by atoms with van der Waals surface area (Å²) in [5.74, 6) is -0.833. The van der Waals surface area contributed by atoms with E-state index >= 15 is 0 Å². The van der Waals surface area contributed by atoms with Crippen LogP contribution in [-0.4, -0.2) is 35.7 Å². The molecule has 2 aromatic carbocycles. The molecule has 0 aliphatic heterocycles. The van der Waals surface area contributed by atoms with Gasteiger partial charge in [-0.25, -0.2) is 14.6 Å². The largest absolute Gasteiger partial charge is 0.417 e. The van der Waals surface area contributed by atoms with Crippen LogP contribution in [0, 0.1) is 0 Å². The van der Waals surface area contributed by atoms with Gasteiger partial charge in [-0.2, -0.15) is 18.3 Å². The van der Waals surface area contributed by atoms with E-state index in [1.54, 1.807) is 37.3 Å². The van der Waals surface area contributed by atoms with Crippen molar-refractivity contribution < 1.29 is 23.1 Å². The second-order valence-corrected chi connectivity index (χ2v) is 8.72. The van der Waals surface area contributed by atoms with E-state index in [1.807, 2.05) is 6.07 Å². The number of halogens is 4. The molecule has 2 N–H and O–H groups in total. The average Bonchev–Trinajstić information content (AvgIpc) is 3.26. The summed E-state index contributed by atoms with van der Waals surface area (Å²) in [6.45, 7) is 1.58.